The summed E-state index contributed by atoms with van der Waals surface area (Å²) in [4.78, 5) is 7.91. The third-order valence-corrected chi connectivity index (χ3v) is 5.97. The van der Waals surface area contributed by atoms with E-state index in [1.165, 1.54) is 51.0 Å². The van der Waals surface area contributed by atoms with Crippen LogP contribution in [0.4, 0.5) is 0 Å². The highest BCUT2D eigenvalue weighted by molar-refractivity contribution is 5.05. The molecular weight excluding hydrogens is 302 g/mol. The van der Waals surface area contributed by atoms with Crippen molar-refractivity contribution in [3.8, 4) is 0 Å². The van der Waals surface area contributed by atoms with Crippen molar-refractivity contribution in [2.45, 2.75) is 44.4 Å². The Labute approximate surface area is 145 Å². The minimum Gasteiger partial charge on any atom is -0.472 e. The molecule has 0 N–H and O–H groups in total. The molecule has 3 fully saturated rings. The van der Waals surface area contributed by atoms with Crippen LogP contribution >= 0.6 is 0 Å². The van der Waals surface area contributed by atoms with Crippen molar-refractivity contribution in [2.75, 3.05) is 52.4 Å². The van der Waals surface area contributed by atoms with E-state index in [1.807, 2.05) is 6.26 Å². The summed E-state index contributed by atoms with van der Waals surface area (Å²) in [5.41, 5.74) is 1.28. The fourth-order valence-electron chi connectivity index (χ4n) is 4.57. The van der Waals surface area contributed by atoms with Gasteiger partial charge in [-0.1, -0.05) is 0 Å². The maximum Gasteiger partial charge on any atom is 0.0947 e. The van der Waals surface area contributed by atoms with Gasteiger partial charge in [0.15, 0.2) is 0 Å². The molecule has 0 aliphatic carbocycles. The van der Waals surface area contributed by atoms with Crippen molar-refractivity contribution in [3.05, 3.63) is 24.2 Å². The summed E-state index contributed by atoms with van der Waals surface area (Å²) in [6, 6.07) is 2.69. The largest absolute Gasteiger partial charge is 0.472 e. The van der Waals surface area contributed by atoms with E-state index in [4.69, 9.17) is 9.15 Å². The van der Waals surface area contributed by atoms with E-state index >= 15 is 0 Å². The maximum atomic E-state index is 6.15. The molecular formula is C19H31N3O2. The van der Waals surface area contributed by atoms with Crippen molar-refractivity contribution in [1.29, 1.82) is 0 Å². The van der Waals surface area contributed by atoms with Crippen LogP contribution in [0.1, 0.15) is 31.2 Å². The van der Waals surface area contributed by atoms with E-state index < -0.39 is 0 Å². The lowest BCUT2D eigenvalue weighted by molar-refractivity contribution is -0.0728. The maximum absolute atomic E-state index is 6.15. The average Bonchev–Trinajstić information content (AvgIpc) is 3.26. The first-order valence-electron chi connectivity index (χ1n) is 9.70. The molecule has 3 saturated heterocycles. The van der Waals surface area contributed by atoms with Gasteiger partial charge < -0.3 is 14.1 Å². The molecule has 1 aromatic rings. The summed E-state index contributed by atoms with van der Waals surface area (Å²) in [7, 11) is 0. The zero-order chi connectivity index (χ0) is 16.2. The number of nitrogens with zero attached hydrogens (tertiary/aromatic N) is 3. The van der Waals surface area contributed by atoms with Gasteiger partial charge in [0, 0.05) is 50.9 Å². The van der Waals surface area contributed by atoms with Gasteiger partial charge in [0.25, 0.3) is 0 Å². The molecule has 1 aromatic heterocycles. The number of hydrogen-bond acceptors (Lipinski definition) is 5. The Balaban J connectivity index is 1.31. The number of likely N-dealkylation sites (tertiary alicyclic amines) is 2. The summed E-state index contributed by atoms with van der Waals surface area (Å²) >= 11 is 0. The van der Waals surface area contributed by atoms with E-state index in [0.29, 0.717) is 12.1 Å². The lowest BCUT2D eigenvalue weighted by atomic mass is 10.0. The lowest BCUT2D eigenvalue weighted by Crippen LogP contribution is -2.52. The van der Waals surface area contributed by atoms with E-state index in [2.05, 4.69) is 20.8 Å². The van der Waals surface area contributed by atoms with Gasteiger partial charge in [-0.25, -0.2) is 0 Å². The molecule has 134 valence electrons. The van der Waals surface area contributed by atoms with Gasteiger partial charge in [-0.2, -0.15) is 0 Å². The minimum atomic E-state index is 0.423. The Morgan fingerprint density at radius 3 is 2.67 bits per heavy atom. The first-order valence-corrected chi connectivity index (χ1v) is 9.70. The van der Waals surface area contributed by atoms with E-state index in [0.717, 1.165) is 39.2 Å². The van der Waals surface area contributed by atoms with Gasteiger partial charge in [0.1, 0.15) is 0 Å². The van der Waals surface area contributed by atoms with Gasteiger partial charge in [0.05, 0.1) is 25.2 Å². The molecule has 4 heterocycles. The molecule has 0 amide bonds. The molecule has 3 aliphatic heterocycles. The van der Waals surface area contributed by atoms with Crippen LogP contribution in [0.5, 0.6) is 0 Å². The summed E-state index contributed by atoms with van der Waals surface area (Å²) < 4.78 is 11.4. The van der Waals surface area contributed by atoms with Crippen LogP contribution in [0.15, 0.2) is 23.0 Å². The Hall–Kier alpha value is -0.880. The van der Waals surface area contributed by atoms with E-state index in [-0.39, 0.29) is 0 Å². The molecule has 0 bridgehead atoms. The van der Waals surface area contributed by atoms with Crippen molar-refractivity contribution in [2.24, 2.45) is 0 Å². The fraction of sp³-hybridized carbons (Fsp3) is 0.789. The molecule has 4 rings (SSSR count). The topological polar surface area (TPSA) is 32.1 Å². The quantitative estimate of drug-likeness (QED) is 0.823. The summed E-state index contributed by atoms with van der Waals surface area (Å²) in [5.74, 6) is 0. The Morgan fingerprint density at radius 1 is 0.958 bits per heavy atom. The lowest BCUT2D eigenvalue weighted by Gasteiger charge is -2.41. The predicted octanol–water partition coefficient (Wildman–Crippen LogP) is 2.04. The fourth-order valence-corrected chi connectivity index (χ4v) is 4.57. The number of furan rings is 1. The standard InChI is InChI=1S/C19H31N3O2/c1-2-7-20(6-1)10-11-22-12-14-24-19-4-9-21(8-3-18(19)22)15-17-5-13-23-16-17/h5,13,16,18-19H,1-4,6-12,14-15H2. The van der Waals surface area contributed by atoms with Gasteiger partial charge >= 0.3 is 0 Å². The first kappa shape index (κ1) is 16.6. The first-order chi connectivity index (χ1) is 11.9. The van der Waals surface area contributed by atoms with E-state index in [9.17, 15) is 0 Å². The van der Waals surface area contributed by atoms with Crippen molar-refractivity contribution < 1.29 is 9.15 Å². The molecule has 2 atom stereocenters. The zero-order valence-corrected chi connectivity index (χ0v) is 14.7. The second-order valence-electron chi connectivity index (χ2n) is 7.55. The molecule has 0 saturated carbocycles. The van der Waals surface area contributed by atoms with Crippen molar-refractivity contribution in [3.63, 3.8) is 0 Å². The highest BCUT2D eigenvalue weighted by atomic mass is 16.5. The highest BCUT2D eigenvalue weighted by Gasteiger charge is 2.34. The molecule has 24 heavy (non-hydrogen) atoms. The Morgan fingerprint density at radius 2 is 1.83 bits per heavy atom. The summed E-state index contributed by atoms with van der Waals surface area (Å²) in [6.45, 7) is 10.4. The summed E-state index contributed by atoms with van der Waals surface area (Å²) in [6.07, 6.45) is 9.22. The molecule has 5 nitrogen and oxygen atoms in total. The average molecular weight is 333 g/mol. The van der Waals surface area contributed by atoms with Gasteiger partial charge in [-0.15, -0.1) is 0 Å². The molecule has 2 unspecified atom stereocenters. The minimum absolute atomic E-state index is 0.423. The van der Waals surface area contributed by atoms with Crippen LogP contribution in [0.25, 0.3) is 0 Å². The highest BCUT2D eigenvalue weighted by Crippen LogP contribution is 2.24. The molecule has 5 heteroatoms. The Kier molecular flexibility index (Phi) is 5.53. The van der Waals surface area contributed by atoms with Crippen LogP contribution in [0.3, 0.4) is 0 Å². The molecule has 0 spiro atoms. The number of rotatable bonds is 5. The van der Waals surface area contributed by atoms with Crippen LogP contribution in [-0.4, -0.2) is 79.3 Å². The predicted molar refractivity (Wildman–Crippen MR) is 94.0 cm³/mol. The number of hydrogen-bond donors (Lipinski definition) is 0. The van der Waals surface area contributed by atoms with Crippen molar-refractivity contribution in [1.82, 2.24) is 14.7 Å². The monoisotopic (exact) mass is 333 g/mol. The normalized spacial score (nSPS) is 30.3. The Bertz CT molecular complexity index is 487. The third kappa shape index (κ3) is 4.02. The number of ether oxygens (including phenoxy) is 1. The molecule has 0 radical (unpaired) electrons. The zero-order valence-electron chi connectivity index (χ0n) is 14.7. The summed E-state index contributed by atoms with van der Waals surface area (Å²) in [5, 5.41) is 0. The van der Waals surface area contributed by atoms with Gasteiger partial charge in [0.2, 0.25) is 0 Å². The van der Waals surface area contributed by atoms with Crippen molar-refractivity contribution >= 4 is 0 Å². The van der Waals surface area contributed by atoms with Crippen LogP contribution < -0.4 is 0 Å². The second-order valence-corrected chi connectivity index (χ2v) is 7.55. The third-order valence-electron chi connectivity index (χ3n) is 5.97. The van der Waals surface area contributed by atoms with Gasteiger partial charge in [-0.05, 0) is 44.8 Å². The SMILES string of the molecule is c1cc(CN2CCC3OCCN(CCN4CCCC4)C3CC2)co1. The van der Waals surface area contributed by atoms with Gasteiger partial charge in [-0.3, -0.25) is 9.80 Å². The van der Waals surface area contributed by atoms with Crippen LogP contribution in [-0.2, 0) is 11.3 Å². The molecule has 3 aliphatic rings. The number of fused-ring (bicyclic) bond motifs is 1. The van der Waals surface area contributed by atoms with Crippen LogP contribution in [0, 0.1) is 0 Å². The van der Waals surface area contributed by atoms with E-state index in [1.54, 1.807) is 6.26 Å². The van der Waals surface area contributed by atoms with Crippen LogP contribution in [0.2, 0.25) is 0 Å². The molecule has 0 aromatic carbocycles. The second kappa shape index (κ2) is 8.00. The smallest absolute Gasteiger partial charge is 0.0947 e. The number of morpholine rings is 1.